The molecule has 7 heteroatoms. The molecule has 204 valence electrons. The summed E-state index contributed by atoms with van der Waals surface area (Å²) in [7, 11) is -4.33. The van der Waals surface area contributed by atoms with Crippen molar-refractivity contribution in [3.8, 4) is 12.3 Å². The lowest BCUT2D eigenvalue weighted by molar-refractivity contribution is -0.646. The van der Waals surface area contributed by atoms with Crippen LogP contribution in [0.3, 0.4) is 0 Å². The van der Waals surface area contributed by atoms with E-state index in [-0.39, 0.29) is 4.90 Å². The molecule has 0 unspecified atom stereocenters. The first-order valence-electron chi connectivity index (χ1n) is 13.5. The van der Waals surface area contributed by atoms with E-state index in [0.29, 0.717) is 11.1 Å². The summed E-state index contributed by atoms with van der Waals surface area (Å²) in [4.78, 5) is -0.0851. The molecule has 0 fully saturated rings. The molecule has 0 saturated carbocycles. The van der Waals surface area contributed by atoms with Crippen LogP contribution in [0.15, 0.2) is 83.8 Å². The normalized spacial score (nSPS) is 11.9. The Bertz CT molecular complexity index is 2230. The zero-order valence-electron chi connectivity index (χ0n) is 23.2. The second-order valence-electron chi connectivity index (χ2n) is 10.5. The number of imidazole rings is 1. The molecule has 0 aliphatic rings. The summed E-state index contributed by atoms with van der Waals surface area (Å²) in [5.74, 6) is 2.76. The quantitative estimate of drug-likeness (QED) is 0.105. The monoisotopic (exact) mass is 559 g/mol. The molecule has 6 nitrogen and oxygen atoms in total. The number of nitrogens with zero attached hydrogens (tertiary/aromatic N) is 3. The lowest BCUT2D eigenvalue weighted by atomic mass is 10.1. The molecule has 7 aromatic rings. The largest absolute Gasteiger partial charge is 0.744 e. The molecule has 41 heavy (non-hydrogen) atoms. The fourth-order valence-corrected chi connectivity index (χ4v) is 7.04. The van der Waals surface area contributed by atoms with Gasteiger partial charge in [0.25, 0.3) is 0 Å². The molecule has 0 amide bonds. The van der Waals surface area contributed by atoms with Crippen molar-refractivity contribution in [1.82, 2.24) is 9.61 Å². The molecule has 0 atom stereocenters. The predicted molar refractivity (Wildman–Crippen MR) is 163 cm³/mol. The topological polar surface area (TPSA) is 78.4 Å². The fraction of sp³-hybridized carbons (Fsp3) is 0.176. The summed E-state index contributed by atoms with van der Waals surface area (Å²) in [6.07, 6.45) is 7.22. The first kappa shape index (κ1) is 26.7. The average molecular weight is 560 g/mol. The zero-order chi connectivity index (χ0) is 28.9. The molecule has 7 rings (SSSR count). The Morgan fingerprint density at radius 3 is 2.27 bits per heavy atom. The van der Waals surface area contributed by atoms with Gasteiger partial charge in [0.2, 0.25) is 5.52 Å². The second kappa shape index (κ2) is 10.2. The van der Waals surface area contributed by atoms with E-state index >= 15 is 0 Å². The minimum Gasteiger partial charge on any atom is -0.744 e. The van der Waals surface area contributed by atoms with E-state index in [4.69, 9.17) is 11.5 Å². The van der Waals surface area contributed by atoms with Gasteiger partial charge < -0.3 is 4.55 Å². The maximum Gasteiger partial charge on any atom is 0.308 e. The molecule has 0 spiro atoms. The molecule has 0 radical (unpaired) electrons. The number of fused-ring (bicyclic) bond motifs is 6. The first-order chi connectivity index (χ1) is 19.7. The van der Waals surface area contributed by atoms with Gasteiger partial charge in [-0.25, -0.2) is 13.0 Å². The van der Waals surface area contributed by atoms with E-state index in [9.17, 15) is 13.0 Å². The Hall–Kier alpha value is -4.51. The predicted octanol–water partition coefficient (Wildman–Crippen LogP) is 6.60. The molecule has 5 aromatic carbocycles. The summed E-state index contributed by atoms with van der Waals surface area (Å²) in [5, 5.41) is 11.4. The second-order valence-corrected chi connectivity index (χ2v) is 11.8. The molecule has 0 saturated heterocycles. The fourth-order valence-electron chi connectivity index (χ4n) is 6.13. The molecular formula is C34H29N3O3S. The number of aryl methyl sites for hydroxylation is 4. The molecule has 2 heterocycles. The number of hydrogen-bond acceptors (Lipinski definition) is 4. The third kappa shape index (κ3) is 4.55. The molecule has 0 bridgehead atoms. The van der Waals surface area contributed by atoms with Gasteiger partial charge in [-0.3, -0.25) is 0 Å². The van der Waals surface area contributed by atoms with Gasteiger partial charge in [-0.2, -0.15) is 0 Å². The van der Waals surface area contributed by atoms with Gasteiger partial charge in [-0.1, -0.05) is 75.8 Å². The highest BCUT2D eigenvalue weighted by molar-refractivity contribution is 7.85. The maximum atomic E-state index is 10.8. The van der Waals surface area contributed by atoms with Crippen molar-refractivity contribution in [3.05, 3.63) is 95.6 Å². The summed E-state index contributed by atoms with van der Waals surface area (Å²) in [6.45, 7) is 6.01. The van der Waals surface area contributed by atoms with Gasteiger partial charge in [0, 0.05) is 23.3 Å². The number of aromatic nitrogens is 3. The Balaban J connectivity index is 0.000000197. The summed E-state index contributed by atoms with van der Waals surface area (Å²) >= 11 is 0. The lowest BCUT2D eigenvalue weighted by Gasteiger charge is -2.14. The van der Waals surface area contributed by atoms with E-state index in [1.807, 2.05) is 6.92 Å². The van der Waals surface area contributed by atoms with Gasteiger partial charge in [0.05, 0.1) is 11.4 Å². The van der Waals surface area contributed by atoms with Crippen LogP contribution < -0.4 is 4.57 Å². The van der Waals surface area contributed by atoms with Gasteiger partial charge >= 0.3 is 5.65 Å². The minimum absolute atomic E-state index is 0.0851. The molecule has 0 N–H and O–H groups in total. The van der Waals surface area contributed by atoms with Gasteiger partial charge in [-0.15, -0.1) is 12.3 Å². The number of hydrogen-bond donors (Lipinski definition) is 0. The number of para-hydroxylation sites is 2. The molecule has 2 aromatic heterocycles. The highest BCUT2D eigenvalue weighted by atomic mass is 32.2. The van der Waals surface area contributed by atoms with Crippen LogP contribution in [-0.2, 0) is 16.7 Å². The minimum atomic E-state index is -4.33. The number of unbranched alkanes of at least 4 members (excludes halogenated alkanes) is 1. The highest BCUT2D eigenvalue weighted by Gasteiger charge is 2.23. The Morgan fingerprint density at radius 2 is 1.59 bits per heavy atom. The van der Waals surface area contributed by atoms with Crippen LogP contribution in [0.5, 0.6) is 0 Å². The van der Waals surface area contributed by atoms with Crippen LogP contribution in [0.4, 0.5) is 0 Å². The van der Waals surface area contributed by atoms with Crippen molar-refractivity contribution in [3.63, 3.8) is 0 Å². The van der Waals surface area contributed by atoms with Gasteiger partial charge in [0.1, 0.15) is 15.6 Å². The van der Waals surface area contributed by atoms with Crippen molar-refractivity contribution in [2.75, 3.05) is 0 Å². The van der Waals surface area contributed by atoms with Crippen molar-refractivity contribution < 1.29 is 17.5 Å². The number of terminal acetylenes is 1. The molecule has 0 aliphatic heterocycles. The van der Waals surface area contributed by atoms with E-state index in [0.717, 1.165) is 41.6 Å². The van der Waals surface area contributed by atoms with Crippen molar-refractivity contribution in [2.45, 2.75) is 45.1 Å². The highest BCUT2D eigenvalue weighted by Crippen LogP contribution is 2.37. The van der Waals surface area contributed by atoms with Crippen LogP contribution in [0.1, 0.15) is 29.5 Å². The van der Waals surface area contributed by atoms with Crippen LogP contribution >= 0.6 is 0 Å². The SMILES string of the molecule is C#CCCC[n+]1c2ccccc2n2nc3c(cc21)c1cccc2cccc3c21.Cc1cc(C)c(S(=O)(=O)[O-])c(C)c1. The Kier molecular flexibility index (Phi) is 6.61. The van der Waals surface area contributed by atoms with Crippen molar-refractivity contribution >= 4 is 59.2 Å². The van der Waals surface area contributed by atoms with Gasteiger partial charge in [-0.05, 0) is 66.6 Å². The number of rotatable bonds is 4. The van der Waals surface area contributed by atoms with E-state index in [2.05, 4.69) is 81.7 Å². The average Bonchev–Trinajstić information content (AvgIpc) is 3.41. The smallest absolute Gasteiger partial charge is 0.308 e. The lowest BCUT2D eigenvalue weighted by Crippen LogP contribution is -2.33. The van der Waals surface area contributed by atoms with E-state index in [1.54, 1.807) is 26.0 Å². The Morgan fingerprint density at radius 1 is 0.902 bits per heavy atom. The van der Waals surface area contributed by atoms with Crippen molar-refractivity contribution in [1.29, 1.82) is 0 Å². The van der Waals surface area contributed by atoms with E-state index in [1.165, 1.54) is 32.4 Å². The van der Waals surface area contributed by atoms with Crippen LogP contribution in [0.25, 0.3) is 49.1 Å². The summed E-state index contributed by atoms with van der Waals surface area (Å²) in [6, 6.07) is 27.2. The molecular weight excluding hydrogens is 530 g/mol. The van der Waals surface area contributed by atoms with Crippen molar-refractivity contribution in [2.24, 2.45) is 0 Å². The third-order valence-corrected chi connectivity index (χ3v) is 8.77. The van der Waals surface area contributed by atoms with Crippen LogP contribution in [-0.4, -0.2) is 22.6 Å². The zero-order valence-corrected chi connectivity index (χ0v) is 24.0. The Labute approximate surface area is 238 Å². The standard InChI is InChI=1S/C25H18N3.C9H12O3S/c1-2-3-6-15-27-21-13-4-5-14-22(21)28-23(27)16-20-18-11-7-9-17-10-8-12-19(24(17)18)25(20)26-28;1-6-4-7(2)9(8(3)5-6)13(10,11)12/h1,4-5,7-14,16H,3,6,15H2;4-5H,1-3H3,(H,10,11,12)/q+1;/p-1. The summed E-state index contributed by atoms with van der Waals surface area (Å²) in [5.41, 5.74) is 6.51. The van der Waals surface area contributed by atoms with E-state index < -0.39 is 10.1 Å². The van der Waals surface area contributed by atoms with Crippen LogP contribution in [0, 0.1) is 33.1 Å². The summed E-state index contributed by atoms with van der Waals surface area (Å²) < 4.78 is 36.9. The third-order valence-electron chi connectivity index (χ3n) is 7.63. The number of benzene rings is 4. The molecule has 0 aliphatic carbocycles. The maximum absolute atomic E-state index is 10.8. The van der Waals surface area contributed by atoms with Gasteiger partial charge in [0.15, 0.2) is 5.52 Å². The van der Waals surface area contributed by atoms with Crippen LogP contribution in [0.2, 0.25) is 0 Å². The first-order valence-corrected chi connectivity index (χ1v) is 14.9.